The van der Waals surface area contributed by atoms with Gasteiger partial charge in [0, 0.05) is 85.2 Å². The number of carbonyl (C=O) groups is 3. The van der Waals surface area contributed by atoms with Crippen molar-refractivity contribution < 1.29 is 64.6 Å². The Morgan fingerprint density at radius 2 is 1.65 bits per heavy atom. The lowest BCUT2D eigenvalue weighted by Crippen LogP contribution is -2.34. The Bertz CT molecular complexity index is 2280. The minimum Gasteiger partial charge on any atom is -0.691 e. The summed E-state index contributed by atoms with van der Waals surface area (Å²) in [5, 5.41) is 29.4. The largest absolute Gasteiger partial charge is 0.691 e. The number of carboxylic acids is 1. The van der Waals surface area contributed by atoms with Gasteiger partial charge in [-0.25, -0.2) is 0 Å². The molecular weight excluding hydrogens is 877 g/mol. The summed E-state index contributed by atoms with van der Waals surface area (Å²) >= 11 is 0.784. The van der Waals surface area contributed by atoms with Crippen molar-refractivity contribution in [2.45, 2.75) is 124 Å². The predicted molar refractivity (Wildman–Crippen MR) is 235 cm³/mol. The van der Waals surface area contributed by atoms with E-state index in [1.165, 1.54) is 12.1 Å². The molecular formula is C43H58N4O13S3. The molecule has 2 unspecified atom stereocenters. The van der Waals surface area contributed by atoms with Gasteiger partial charge in [0.1, 0.15) is 6.54 Å². The highest BCUT2D eigenvalue weighted by atomic mass is 32.2. The zero-order valence-corrected chi connectivity index (χ0v) is 37.9. The monoisotopic (exact) mass is 934 g/mol. The fourth-order valence-electron chi connectivity index (χ4n) is 8.80. The maximum atomic E-state index is 12.6. The van der Waals surface area contributed by atoms with Crippen LogP contribution in [-0.2, 0) is 49.4 Å². The third kappa shape index (κ3) is 14.2. The van der Waals surface area contributed by atoms with Crippen molar-refractivity contribution >= 4 is 67.1 Å². The van der Waals surface area contributed by atoms with Gasteiger partial charge in [-0.15, -0.1) is 0 Å². The second-order valence-electron chi connectivity index (χ2n) is 16.3. The molecule has 2 atom stereocenters. The van der Waals surface area contributed by atoms with Crippen molar-refractivity contribution in [1.82, 2.24) is 10.6 Å². The molecule has 346 valence electrons. The summed E-state index contributed by atoms with van der Waals surface area (Å²) in [5.74, 6) is -1.97. The molecule has 5 N–H and O–H groups in total. The fraction of sp³-hybridized carbons (Fsp3) is 0.535. The van der Waals surface area contributed by atoms with Crippen molar-refractivity contribution in [1.29, 1.82) is 0 Å². The summed E-state index contributed by atoms with van der Waals surface area (Å²) in [5.41, 5.74) is 4.26. The van der Waals surface area contributed by atoms with Gasteiger partial charge in [-0.2, -0.15) is 25.7 Å². The van der Waals surface area contributed by atoms with Crippen molar-refractivity contribution in [3.8, 4) is 0 Å². The van der Waals surface area contributed by atoms with Crippen LogP contribution in [-0.4, -0.2) is 91.1 Å². The number of rotatable bonds is 14. The second kappa shape index (κ2) is 23.2. The number of aliphatic carboxylic acids is 1. The van der Waals surface area contributed by atoms with E-state index in [0.717, 1.165) is 47.5 Å². The summed E-state index contributed by atoms with van der Waals surface area (Å²) in [6, 6.07) is 10.1. The number of unbranched alkanes of at least 4 members (excludes halogenated alkanes) is 2. The van der Waals surface area contributed by atoms with Crippen LogP contribution in [0.1, 0.15) is 120 Å². The van der Waals surface area contributed by atoms with Crippen LogP contribution in [0.3, 0.4) is 0 Å². The first-order chi connectivity index (χ1) is 30.0. The molecule has 2 aromatic rings. The number of hydrogen-bond acceptors (Lipinski definition) is 12. The third-order valence-electron chi connectivity index (χ3n) is 11.8. The van der Waals surface area contributed by atoms with E-state index in [1.54, 1.807) is 6.07 Å². The average molecular weight is 935 g/mol. The quantitative estimate of drug-likeness (QED) is 0.0384. The molecule has 63 heavy (non-hydrogen) atoms. The van der Waals surface area contributed by atoms with Gasteiger partial charge in [-0.1, -0.05) is 31.8 Å². The zero-order valence-electron chi connectivity index (χ0n) is 35.5. The molecule has 0 saturated heterocycles. The number of hydrogen-bond donors (Lipinski definition) is 5. The highest BCUT2D eigenvalue weighted by Gasteiger charge is 2.47. The molecule has 3 heterocycles. The van der Waals surface area contributed by atoms with E-state index in [4.69, 9.17) is 0 Å². The molecule has 0 radical (unpaired) electrons. The van der Waals surface area contributed by atoms with Crippen LogP contribution in [0.15, 0.2) is 70.1 Å². The number of nitrogens with one attached hydrogen (secondary N) is 2. The van der Waals surface area contributed by atoms with E-state index >= 15 is 0 Å². The van der Waals surface area contributed by atoms with Gasteiger partial charge in [-0.05, 0) is 93.8 Å². The summed E-state index contributed by atoms with van der Waals surface area (Å²) in [7, 11) is -8.86. The summed E-state index contributed by atoms with van der Waals surface area (Å²) in [6.07, 6.45) is 13.7. The fourth-order valence-corrected chi connectivity index (χ4v) is 10.2. The maximum Gasteiger partial charge on any atom is 0.303 e. The Morgan fingerprint density at radius 1 is 0.937 bits per heavy atom. The van der Waals surface area contributed by atoms with Crippen LogP contribution >= 0.6 is 12.0 Å². The molecule has 0 fully saturated rings. The van der Waals surface area contributed by atoms with Crippen LogP contribution in [0.4, 0.5) is 11.4 Å². The van der Waals surface area contributed by atoms with Gasteiger partial charge in [0.15, 0.2) is 5.71 Å². The number of fused-ring (bicyclic) bond motifs is 5. The molecule has 0 aromatic heterocycles. The SMILES string of the molecule is CC1(CCCCCC(=O)O)C2=[N+](CCCCCC(=O)NCCNC(=O)CCCCCC3/C(=C/C=C/2)N(CCCS(=O)(=O)O)c2ccc(S(=O)(=O)O)cc23)c2ccc(SOO[O-])cc21. The normalized spacial score (nSPS) is 22.2. The standard InChI is InChI=1S/C43H58N4O13S3/c1-43(23-9-3-8-18-42(50)51)35-29-31(61-60-59-52)19-21-38(35)47-26-10-4-7-17-41(49)45-25-24-44-40(48)16-6-2-5-13-33-34-30-32(63(56,57)58)20-22-37(34)46(27-12-28-62(53,54)55)36(33)14-11-15-39(43)47/h11,14-15,19-22,29-30,33H,2-10,12-13,16-18,23-28H2,1H3,(H5-,44,45,48,49,50,51,52,53,54,55,56,57,58). The molecule has 3 aliphatic rings. The molecule has 17 nitrogen and oxygen atoms in total. The Kier molecular flexibility index (Phi) is 18.3. The lowest BCUT2D eigenvalue weighted by Gasteiger charge is -2.24. The summed E-state index contributed by atoms with van der Waals surface area (Å²) < 4.78 is 74.9. The molecule has 0 saturated carbocycles. The van der Waals surface area contributed by atoms with Gasteiger partial charge < -0.3 is 25.9 Å². The topological polar surface area (TPSA) is 252 Å². The molecule has 5 rings (SSSR count). The van der Waals surface area contributed by atoms with E-state index in [-0.39, 0.29) is 48.4 Å². The first-order valence-corrected chi connectivity index (χ1v) is 25.2. The number of carbonyl (C=O) groups excluding carboxylic acids is 2. The summed E-state index contributed by atoms with van der Waals surface area (Å²) in [4.78, 5) is 38.8. The number of anilines is 1. The van der Waals surface area contributed by atoms with E-state index < -0.39 is 37.4 Å². The van der Waals surface area contributed by atoms with Crippen LogP contribution in [0, 0.1) is 0 Å². The highest BCUT2D eigenvalue weighted by molar-refractivity contribution is 7.94. The van der Waals surface area contributed by atoms with Crippen LogP contribution < -0.4 is 20.8 Å². The van der Waals surface area contributed by atoms with Gasteiger partial charge >= 0.3 is 5.97 Å². The minimum atomic E-state index is -4.58. The van der Waals surface area contributed by atoms with Crippen LogP contribution in [0.5, 0.6) is 0 Å². The van der Waals surface area contributed by atoms with Crippen molar-refractivity contribution in [2.24, 2.45) is 0 Å². The lowest BCUT2D eigenvalue weighted by molar-refractivity contribution is -0.777. The number of benzene rings is 2. The van der Waals surface area contributed by atoms with Crippen molar-refractivity contribution in [3.63, 3.8) is 0 Å². The van der Waals surface area contributed by atoms with Crippen molar-refractivity contribution in [2.75, 3.05) is 36.8 Å². The first kappa shape index (κ1) is 49.9. The van der Waals surface area contributed by atoms with Crippen molar-refractivity contribution in [3.05, 3.63) is 71.5 Å². The average Bonchev–Trinajstić information content (AvgIpc) is 3.63. The molecule has 3 aliphatic heterocycles. The third-order valence-corrected chi connectivity index (χ3v) is 14.0. The zero-order chi connectivity index (χ0) is 45.6. The van der Waals surface area contributed by atoms with E-state index in [9.17, 15) is 50.7 Å². The Labute approximate surface area is 373 Å². The van der Waals surface area contributed by atoms with E-state index in [2.05, 4.69) is 31.5 Å². The van der Waals surface area contributed by atoms with Crippen LogP contribution in [0.25, 0.3) is 0 Å². The number of nitrogens with zero attached hydrogens (tertiary/aromatic N) is 2. The Morgan fingerprint density at radius 3 is 2.32 bits per heavy atom. The Balaban J connectivity index is 1.61. The molecule has 0 aliphatic carbocycles. The number of carboxylic acid groups (broad SMARTS) is 1. The summed E-state index contributed by atoms with van der Waals surface area (Å²) in [6.45, 7) is 3.49. The molecule has 20 heteroatoms. The first-order valence-electron chi connectivity index (χ1n) is 21.4. The maximum absolute atomic E-state index is 12.6. The number of allylic oxidation sites excluding steroid dienone is 4. The number of amides is 2. The van der Waals surface area contributed by atoms with Crippen LogP contribution in [0.2, 0.25) is 0 Å². The smallest absolute Gasteiger partial charge is 0.303 e. The van der Waals surface area contributed by atoms with Gasteiger partial charge in [0.25, 0.3) is 20.2 Å². The molecule has 2 amide bonds. The highest BCUT2D eigenvalue weighted by Crippen LogP contribution is 2.48. The molecule has 0 spiro atoms. The van der Waals surface area contributed by atoms with Gasteiger partial charge in [0.2, 0.25) is 17.5 Å². The molecule has 2 aromatic carbocycles. The second-order valence-corrected chi connectivity index (χ2v) is 20.1. The minimum absolute atomic E-state index is 0.0554. The van der Waals surface area contributed by atoms with E-state index in [1.807, 2.05) is 41.3 Å². The Hall–Kier alpha value is -4.15. The van der Waals surface area contributed by atoms with E-state index in [0.29, 0.717) is 100.0 Å². The van der Waals surface area contributed by atoms with Gasteiger partial charge in [-0.3, -0.25) is 28.5 Å². The lowest BCUT2D eigenvalue weighted by atomic mass is 9.75. The molecule has 0 bridgehead atoms. The van der Waals surface area contributed by atoms with Gasteiger partial charge in [0.05, 0.1) is 28.1 Å². The predicted octanol–water partition coefficient (Wildman–Crippen LogP) is 5.63.